The van der Waals surface area contributed by atoms with E-state index in [0.717, 1.165) is 48.6 Å². The summed E-state index contributed by atoms with van der Waals surface area (Å²) in [6.45, 7) is 9.24. The van der Waals surface area contributed by atoms with E-state index in [1.165, 1.54) is 10.6 Å². The molecule has 37 heavy (non-hydrogen) atoms. The van der Waals surface area contributed by atoms with Gasteiger partial charge in [-0.1, -0.05) is 12.6 Å². The van der Waals surface area contributed by atoms with Crippen molar-refractivity contribution < 1.29 is 4.79 Å². The number of amides is 1. The van der Waals surface area contributed by atoms with E-state index in [1.807, 2.05) is 19.1 Å². The maximum Gasteiger partial charge on any atom is 0.257 e. The number of nitrogens with zero attached hydrogens (tertiary/aromatic N) is 6. The lowest BCUT2D eigenvalue weighted by molar-refractivity contribution is -0.111. The highest BCUT2D eigenvalue weighted by Crippen LogP contribution is 2.23. The molecule has 0 radical (unpaired) electrons. The number of likely N-dealkylation sites (N-methyl/N-ethyl adjacent to an activating group) is 1. The van der Waals surface area contributed by atoms with Crippen molar-refractivity contribution in [3.05, 3.63) is 83.4 Å². The Morgan fingerprint density at radius 2 is 1.84 bits per heavy atom. The van der Waals surface area contributed by atoms with Crippen molar-refractivity contribution in [3.63, 3.8) is 0 Å². The fraction of sp³-hybridized carbons (Fsp3) is 0.222. The van der Waals surface area contributed by atoms with E-state index in [1.54, 1.807) is 42.7 Å². The van der Waals surface area contributed by atoms with E-state index in [-0.39, 0.29) is 11.5 Å². The van der Waals surface area contributed by atoms with Gasteiger partial charge in [-0.3, -0.25) is 14.2 Å². The Bertz CT molecular complexity index is 1520. The van der Waals surface area contributed by atoms with E-state index < -0.39 is 0 Å². The number of nitrogens with one attached hydrogen (secondary N) is 2. The number of carbonyl (C=O) groups excluding carboxylic acids is 1. The van der Waals surface area contributed by atoms with Crippen LogP contribution in [0.3, 0.4) is 0 Å². The third-order valence-electron chi connectivity index (χ3n) is 6.35. The molecule has 3 aromatic heterocycles. The van der Waals surface area contributed by atoms with Crippen LogP contribution in [0.4, 0.5) is 23.1 Å². The van der Waals surface area contributed by atoms with Gasteiger partial charge in [-0.25, -0.2) is 9.97 Å². The van der Waals surface area contributed by atoms with Gasteiger partial charge in [-0.05, 0) is 55.9 Å². The maximum absolute atomic E-state index is 13.1. The molecular weight excluding hydrogens is 468 g/mol. The molecule has 0 saturated carbocycles. The number of piperazine rings is 1. The zero-order valence-electron chi connectivity index (χ0n) is 20.8. The number of carbonyl (C=O) groups is 1. The third-order valence-corrected chi connectivity index (χ3v) is 6.35. The van der Waals surface area contributed by atoms with Crippen molar-refractivity contribution in [2.75, 3.05) is 48.8 Å². The van der Waals surface area contributed by atoms with Crippen molar-refractivity contribution in [3.8, 4) is 5.69 Å². The van der Waals surface area contributed by atoms with Crippen LogP contribution in [0.25, 0.3) is 16.7 Å². The average Bonchev–Trinajstić information content (AvgIpc) is 2.90. The summed E-state index contributed by atoms with van der Waals surface area (Å²) in [6.07, 6.45) is 4.65. The molecule has 1 aliphatic rings. The van der Waals surface area contributed by atoms with E-state index in [4.69, 9.17) is 0 Å². The summed E-state index contributed by atoms with van der Waals surface area (Å²) in [7, 11) is 2.12. The number of pyridine rings is 2. The molecule has 1 aliphatic heterocycles. The van der Waals surface area contributed by atoms with Crippen molar-refractivity contribution in [2.45, 2.75) is 6.92 Å². The summed E-state index contributed by atoms with van der Waals surface area (Å²) in [5.41, 5.74) is 2.85. The molecule has 0 aliphatic carbocycles. The number of benzene rings is 1. The molecule has 4 heterocycles. The van der Waals surface area contributed by atoms with Gasteiger partial charge in [-0.2, -0.15) is 4.98 Å². The van der Waals surface area contributed by atoms with Crippen molar-refractivity contribution in [1.82, 2.24) is 24.4 Å². The smallest absolute Gasteiger partial charge is 0.257 e. The van der Waals surface area contributed by atoms with Gasteiger partial charge in [0, 0.05) is 49.5 Å². The van der Waals surface area contributed by atoms with Crippen LogP contribution in [0, 0.1) is 6.92 Å². The maximum atomic E-state index is 13.1. The SMILES string of the molecule is C=CC(=O)Nc1cccc(-n2c(=O)cc(C)c3cnc(Nc4ccc(N5CCN(C)CC5)nc4)nc32)c1. The molecular formula is C27H28N8O2. The molecule has 188 valence electrons. The molecule has 10 heteroatoms. The molecule has 1 aromatic carbocycles. The molecule has 1 amide bonds. The minimum Gasteiger partial charge on any atom is -0.354 e. The lowest BCUT2D eigenvalue weighted by Gasteiger charge is -2.33. The summed E-state index contributed by atoms with van der Waals surface area (Å²) < 4.78 is 1.51. The Morgan fingerprint density at radius 1 is 1.03 bits per heavy atom. The van der Waals surface area contributed by atoms with Crippen LogP contribution in [-0.4, -0.2) is 63.6 Å². The molecule has 0 unspecified atom stereocenters. The fourth-order valence-electron chi connectivity index (χ4n) is 4.29. The van der Waals surface area contributed by atoms with E-state index in [0.29, 0.717) is 23.0 Å². The van der Waals surface area contributed by atoms with Crippen LogP contribution >= 0.6 is 0 Å². The van der Waals surface area contributed by atoms with Crippen molar-refractivity contribution in [1.29, 1.82) is 0 Å². The molecule has 4 aromatic rings. The van der Waals surface area contributed by atoms with Crippen molar-refractivity contribution in [2.24, 2.45) is 0 Å². The Hall–Kier alpha value is -4.57. The number of aryl methyl sites for hydroxylation is 1. The lowest BCUT2D eigenvalue weighted by atomic mass is 10.2. The Labute approximate surface area is 214 Å². The number of aromatic nitrogens is 4. The molecule has 1 saturated heterocycles. The second-order valence-corrected chi connectivity index (χ2v) is 9.00. The third kappa shape index (κ3) is 5.19. The Kier molecular flexibility index (Phi) is 6.65. The fourth-order valence-corrected chi connectivity index (χ4v) is 4.29. The second kappa shape index (κ2) is 10.2. The first-order valence-electron chi connectivity index (χ1n) is 12.0. The zero-order chi connectivity index (χ0) is 25.9. The highest BCUT2D eigenvalue weighted by Gasteiger charge is 2.16. The second-order valence-electron chi connectivity index (χ2n) is 9.00. The summed E-state index contributed by atoms with van der Waals surface area (Å²) >= 11 is 0. The van der Waals surface area contributed by atoms with E-state index in [2.05, 4.69) is 49.0 Å². The van der Waals surface area contributed by atoms with Gasteiger partial charge in [0.25, 0.3) is 5.56 Å². The minimum absolute atomic E-state index is 0.236. The van der Waals surface area contributed by atoms with Crippen LogP contribution in [-0.2, 0) is 4.79 Å². The minimum atomic E-state index is -0.334. The molecule has 1 fully saturated rings. The summed E-state index contributed by atoms with van der Waals surface area (Å²) in [5.74, 6) is 0.946. The zero-order valence-corrected chi connectivity index (χ0v) is 20.8. The first kappa shape index (κ1) is 24.1. The summed E-state index contributed by atoms with van der Waals surface area (Å²) in [4.78, 5) is 43.2. The van der Waals surface area contributed by atoms with Gasteiger partial charge in [-0.15, -0.1) is 0 Å². The normalized spacial score (nSPS) is 13.9. The van der Waals surface area contributed by atoms with Gasteiger partial charge in [0.15, 0.2) is 5.65 Å². The molecule has 5 rings (SSSR count). The van der Waals surface area contributed by atoms with Gasteiger partial charge >= 0.3 is 0 Å². The molecule has 10 nitrogen and oxygen atoms in total. The lowest BCUT2D eigenvalue weighted by Crippen LogP contribution is -2.44. The Balaban J connectivity index is 1.46. The van der Waals surface area contributed by atoms with Gasteiger partial charge < -0.3 is 20.4 Å². The quantitative estimate of drug-likeness (QED) is 0.392. The highest BCUT2D eigenvalue weighted by atomic mass is 16.1. The summed E-state index contributed by atoms with van der Waals surface area (Å²) in [6, 6.07) is 12.5. The van der Waals surface area contributed by atoms with Crippen LogP contribution < -0.4 is 21.1 Å². The first-order chi connectivity index (χ1) is 17.9. The number of hydrogen-bond donors (Lipinski definition) is 2. The number of rotatable bonds is 6. The molecule has 2 N–H and O–H groups in total. The number of fused-ring (bicyclic) bond motifs is 1. The molecule has 0 spiro atoms. The average molecular weight is 497 g/mol. The van der Waals surface area contributed by atoms with Crippen LogP contribution in [0.2, 0.25) is 0 Å². The standard InChI is InChI=1S/C27H28N8O2/c1-4-24(36)30-19-6-5-7-21(15-19)35-25(37)14-18(2)22-17-29-27(32-26(22)35)31-20-8-9-23(28-16-20)34-12-10-33(3)11-13-34/h4-9,14-17H,1,10-13H2,2-3H3,(H,30,36)(H,29,31,32). The Morgan fingerprint density at radius 3 is 2.57 bits per heavy atom. The van der Waals surface area contributed by atoms with E-state index >= 15 is 0 Å². The monoisotopic (exact) mass is 496 g/mol. The molecule has 0 atom stereocenters. The largest absolute Gasteiger partial charge is 0.354 e. The first-order valence-corrected chi connectivity index (χ1v) is 12.0. The topological polar surface area (TPSA) is 108 Å². The number of anilines is 4. The number of hydrogen-bond acceptors (Lipinski definition) is 8. The van der Waals surface area contributed by atoms with E-state index in [9.17, 15) is 9.59 Å². The van der Waals surface area contributed by atoms with Crippen LogP contribution in [0.5, 0.6) is 0 Å². The van der Waals surface area contributed by atoms with Crippen molar-refractivity contribution >= 4 is 40.1 Å². The highest BCUT2D eigenvalue weighted by molar-refractivity contribution is 5.99. The van der Waals surface area contributed by atoms with Gasteiger partial charge in [0.05, 0.1) is 17.6 Å². The predicted molar refractivity (Wildman–Crippen MR) is 146 cm³/mol. The molecule has 0 bridgehead atoms. The van der Waals surface area contributed by atoms with Gasteiger partial charge in [0.2, 0.25) is 11.9 Å². The van der Waals surface area contributed by atoms with Crippen LogP contribution in [0.15, 0.2) is 72.3 Å². The van der Waals surface area contributed by atoms with Gasteiger partial charge in [0.1, 0.15) is 5.82 Å². The predicted octanol–water partition coefficient (Wildman–Crippen LogP) is 3.10. The van der Waals surface area contributed by atoms with Crippen LogP contribution in [0.1, 0.15) is 5.56 Å². The summed E-state index contributed by atoms with van der Waals surface area (Å²) in [5, 5.41) is 6.67.